The summed E-state index contributed by atoms with van der Waals surface area (Å²) >= 11 is 0. The Morgan fingerprint density at radius 1 is 1.06 bits per heavy atom. The molecule has 3 atom stereocenters. The number of piperazine rings is 1. The van der Waals surface area contributed by atoms with Gasteiger partial charge in [-0.2, -0.15) is 0 Å². The molecular weight excluding hydrogens is 214 g/mol. The summed E-state index contributed by atoms with van der Waals surface area (Å²) in [5.74, 6) is 0.658. The van der Waals surface area contributed by atoms with Gasteiger partial charge in [0, 0.05) is 38.3 Å². The lowest BCUT2D eigenvalue weighted by molar-refractivity contribution is 0.111. The van der Waals surface area contributed by atoms with Gasteiger partial charge in [0.05, 0.1) is 0 Å². The molecule has 2 amide bonds. The minimum Gasteiger partial charge on any atom is -0.324 e. The topological polar surface area (TPSA) is 35.6 Å². The molecule has 2 saturated heterocycles. The van der Waals surface area contributed by atoms with Crippen LogP contribution >= 0.6 is 0 Å². The monoisotopic (exact) mass is 239 g/mol. The van der Waals surface area contributed by atoms with Gasteiger partial charge in [0.2, 0.25) is 0 Å². The maximum atomic E-state index is 12.4. The Morgan fingerprint density at radius 3 is 2.29 bits per heavy atom. The van der Waals surface area contributed by atoms with Gasteiger partial charge >= 0.3 is 6.03 Å². The summed E-state index contributed by atoms with van der Waals surface area (Å²) in [6.45, 7) is 10.1. The number of nitrogens with zero attached hydrogens (tertiary/aromatic N) is 2. The third-order valence-corrected chi connectivity index (χ3v) is 3.76. The van der Waals surface area contributed by atoms with Crippen molar-refractivity contribution in [2.45, 2.75) is 45.7 Å². The summed E-state index contributed by atoms with van der Waals surface area (Å²) in [6.07, 6.45) is 2.42. The van der Waals surface area contributed by atoms with E-state index in [4.69, 9.17) is 0 Å². The van der Waals surface area contributed by atoms with E-state index < -0.39 is 0 Å². The lowest BCUT2D eigenvalue weighted by Gasteiger charge is -2.40. The van der Waals surface area contributed by atoms with Crippen molar-refractivity contribution in [1.82, 2.24) is 15.1 Å². The molecule has 3 unspecified atom stereocenters. The fraction of sp³-hybridized carbons (Fsp3) is 0.923. The van der Waals surface area contributed by atoms with E-state index in [1.807, 2.05) is 9.80 Å². The van der Waals surface area contributed by atoms with E-state index in [-0.39, 0.29) is 6.03 Å². The minimum absolute atomic E-state index is 0.247. The number of hydrogen-bond donors (Lipinski definition) is 1. The Hall–Kier alpha value is -0.770. The third-order valence-electron chi connectivity index (χ3n) is 3.76. The summed E-state index contributed by atoms with van der Waals surface area (Å²) in [4.78, 5) is 16.5. The van der Waals surface area contributed by atoms with Crippen LogP contribution in [0.1, 0.15) is 33.6 Å². The lowest BCUT2D eigenvalue weighted by Crippen LogP contribution is -2.59. The molecule has 0 aromatic rings. The highest BCUT2D eigenvalue weighted by Crippen LogP contribution is 2.18. The lowest BCUT2D eigenvalue weighted by atomic mass is 10.0. The van der Waals surface area contributed by atoms with Crippen LogP contribution in [0.25, 0.3) is 0 Å². The summed E-state index contributed by atoms with van der Waals surface area (Å²) in [7, 11) is 0. The Morgan fingerprint density at radius 2 is 1.71 bits per heavy atom. The average molecular weight is 239 g/mol. The summed E-state index contributed by atoms with van der Waals surface area (Å²) in [6, 6.07) is 1.06. The van der Waals surface area contributed by atoms with E-state index in [2.05, 4.69) is 26.1 Å². The fourth-order valence-electron chi connectivity index (χ4n) is 3.05. The first-order chi connectivity index (χ1) is 8.06. The van der Waals surface area contributed by atoms with Gasteiger partial charge in [-0.25, -0.2) is 4.79 Å². The van der Waals surface area contributed by atoms with Gasteiger partial charge < -0.3 is 15.1 Å². The third kappa shape index (κ3) is 3.12. The van der Waals surface area contributed by atoms with Crippen molar-refractivity contribution in [2.75, 3.05) is 26.2 Å². The number of carbonyl (C=O) groups excluding carboxylic acids is 1. The Kier molecular flexibility index (Phi) is 3.92. The number of likely N-dealkylation sites (tertiary alicyclic amines) is 1. The first-order valence-corrected chi connectivity index (χ1v) is 6.86. The smallest absolute Gasteiger partial charge is 0.320 e. The quantitative estimate of drug-likeness (QED) is 0.695. The molecule has 17 heavy (non-hydrogen) atoms. The number of amides is 2. The van der Waals surface area contributed by atoms with Crippen LogP contribution in [0.15, 0.2) is 0 Å². The predicted molar refractivity (Wildman–Crippen MR) is 69.0 cm³/mol. The van der Waals surface area contributed by atoms with Gasteiger partial charge in [-0.1, -0.05) is 6.92 Å². The molecule has 4 nitrogen and oxygen atoms in total. The van der Waals surface area contributed by atoms with Crippen molar-refractivity contribution in [1.29, 1.82) is 0 Å². The van der Waals surface area contributed by atoms with Crippen molar-refractivity contribution >= 4 is 6.03 Å². The normalized spacial score (nSPS) is 34.9. The van der Waals surface area contributed by atoms with Crippen LogP contribution in [-0.2, 0) is 0 Å². The minimum atomic E-state index is 0.247. The number of rotatable bonds is 0. The van der Waals surface area contributed by atoms with Gasteiger partial charge in [0.1, 0.15) is 0 Å². The van der Waals surface area contributed by atoms with Crippen LogP contribution in [0.5, 0.6) is 0 Å². The molecule has 0 spiro atoms. The molecule has 4 heteroatoms. The van der Waals surface area contributed by atoms with E-state index in [1.165, 1.54) is 6.42 Å². The number of hydrogen-bond acceptors (Lipinski definition) is 2. The van der Waals surface area contributed by atoms with Crippen molar-refractivity contribution < 1.29 is 4.79 Å². The van der Waals surface area contributed by atoms with Crippen LogP contribution in [0.3, 0.4) is 0 Å². The zero-order valence-corrected chi connectivity index (χ0v) is 11.3. The molecule has 2 aliphatic rings. The van der Waals surface area contributed by atoms with E-state index in [0.717, 1.165) is 32.6 Å². The largest absolute Gasteiger partial charge is 0.324 e. The van der Waals surface area contributed by atoms with Crippen LogP contribution in [0, 0.1) is 5.92 Å². The summed E-state index contributed by atoms with van der Waals surface area (Å²) in [5.41, 5.74) is 0. The Bertz CT molecular complexity index is 272. The zero-order valence-electron chi connectivity index (χ0n) is 11.3. The molecule has 0 saturated carbocycles. The molecule has 0 aromatic carbocycles. The van der Waals surface area contributed by atoms with Crippen LogP contribution in [0.2, 0.25) is 0 Å². The van der Waals surface area contributed by atoms with E-state index >= 15 is 0 Å². The van der Waals surface area contributed by atoms with E-state index in [1.54, 1.807) is 0 Å². The fourth-order valence-corrected chi connectivity index (χ4v) is 3.05. The van der Waals surface area contributed by atoms with Gasteiger partial charge in [-0.15, -0.1) is 0 Å². The summed E-state index contributed by atoms with van der Waals surface area (Å²) < 4.78 is 0. The second-order valence-electron chi connectivity index (χ2n) is 5.85. The molecule has 0 bridgehead atoms. The van der Waals surface area contributed by atoms with E-state index in [9.17, 15) is 4.79 Å². The highest BCUT2D eigenvalue weighted by atomic mass is 16.2. The molecule has 2 aliphatic heterocycles. The first-order valence-electron chi connectivity index (χ1n) is 6.86. The van der Waals surface area contributed by atoms with Crippen LogP contribution < -0.4 is 5.32 Å². The van der Waals surface area contributed by atoms with Gasteiger partial charge in [-0.3, -0.25) is 0 Å². The van der Waals surface area contributed by atoms with Gasteiger partial charge in [-0.05, 0) is 32.6 Å². The molecule has 2 fully saturated rings. The zero-order chi connectivity index (χ0) is 12.4. The molecule has 98 valence electrons. The van der Waals surface area contributed by atoms with E-state index in [0.29, 0.717) is 18.0 Å². The second kappa shape index (κ2) is 5.25. The number of urea groups is 1. The number of nitrogens with one attached hydrogen (secondary N) is 1. The van der Waals surface area contributed by atoms with Crippen molar-refractivity contribution in [3.63, 3.8) is 0 Å². The predicted octanol–water partition coefficient (Wildman–Crippen LogP) is 1.52. The van der Waals surface area contributed by atoms with Crippen molar-refractivity contribution in [3.05, 3.63) is 0 Å². The van der Waals surface area contributed by atoms with Crippen molar-refractivity contribution in [3.8, 4) is 0 Å². The van der Waals surface area contributed by atoms with Crippen molar-refractivity contribution in [2.24, 2.45) is 5.92 Å². The standard InChI is InChI=1S/C13H25N3O/c1-10-5-4-6-15(7-10)13(17)16-8-11(2)14-12(3)9-16/h10-12,14H,4-9H2,1-3H3. The molecule has 0 radical (unpaired) electrons. The maximum Gasteiger partial charge on any atom is 0.320 e. The molecule has 2 rings (SSSR count). The number of carbonyl (C=O) groups is 1. The first kappa shape index (κ1) is 12.7. The number of piperidine rings is 1. The second-order valence-corrected chi connectivity index (χ2v) is 5.85. The summed E-state index contributed by atoms with van der Waals surface area (Å²) in [5, 5.41) is 3.46. The Balaban J connectivity index is 1.94. The van der Waals surface area contributed by atoms with Gasteiger partial charge in [0.25, 0.3) is 0 Å². The molecule has 0 aromatic heterocycles. The highest BCUT2D eigenvalue weighted by molar-refractivity contribution is 5.74. The molecule has 1 N–H and O–H groups in total. The highest BCUT2D eigenvalue weighted by Gasteiger charge is 2.29. The molecule has 2 heterocycles. The molecular formula is C13H25N3O. The molecule has 0 aliphatic carbocycles. The van der Waals surface area contributed by atoms with Crippen LogP contribution in [0.4, 0.5) is 4.79 Å². The van der Waals surface area contributed by atoms with Crippen LogP contribution in [-0.4, -0.2) is 54.1 Å². The van der Waals surface area contributed by atoms with Gasteiger partial charge in [0.15, 0.2) is 0 Å². The maximum absolute atomic E-state index is 12.4. The Labute approximate surface area is 104 Å². The average Bonchev–Trinajstić information content (AvgIpc) is 2.26. The SMILES string of the molecule is CC1CCCN(C(=O)N2CC(C)NC(C)C2)C1.